The van der Waals surface area contributed by atoms with E-state index < -0.39 is 5.97 Å². The number of amides is 1. The molecular weight excluding hydrogens is 232 g/mol. The Morgan fingerprint density at radius 2 is 2.06 bits per heavy atom. The summed E-state index contributed by atoms with van der Waals surface area (Å²) in [6.07, 6.45) is 0.821. The maximum absolute atomic E-state index is 10.9. The van der Waals surface area contributed by atoms with E-state index >= 15 is 0 Å². The van der Waals surface area contributed by atoms with Crippen LogP contribution in [0.4, 0.5) is 5.69 Å². The molecule has 0 saturated carbocycles. The molecule has 1 unspecified atom stereocenters. The molecule has 5 nitrogen and oxygen atoms in total. The van der Waals surface area contributed by atoms with Crippen molar-refractivity contribution in [2.75, 3.05) is 5.32 Å². The number of nitrogens with one attached hydrogen (secondary N) is 1. The third-order valence-electron chi connectivity index (χ3n) is 2.58. The Bertz CT molecular complexity index is 432. The van der Waals surface area contributed by atoms with Gasteiger partial charge in [-0.25, -0.2) is 0 Å². The van der Waals surface area contributed by atoms with Crippen LogP contribution in [0, 0.1) is 0 Å². The van der Waals surface area contributed by atoms with Crippen LogP contribution in [0.15, 0.2) is 24.3 Å². The number of anilines is 1. The van der Waals surface area contributed by atoms with Gasteiger partial charge in [-0.2, -0.15) is 0 Å². The summed E-state index contributed by atoms with van der Waals surface area (Å²) >= 11 is 0. The molecule has 4 N–H and O–H groups in total. The predicted molar refractivity (Wildman–Crippen MR) is 69.3 cm³/mol. The Hall–Kier alpha value is -2.04. The van der Waals surface area contributed by atoms with Gasteiger partial charge in [-0.1, -0.05) is 18.2 Å². The Kier molecular flexibility index (Phi) is 5.17. The molecule has 0 aliphatic rings. The van der Waals surface area contributed by atoms with Gasteiger partial charge in [0.25, 0.3) is 0 Å². The molecule has 1 atom stereocenters. The fraction of sp³-hybridized carbons (Fsp3) is 0.385. The highest BCUT2D eigenvalue weighted by Gasteiger charge is 2.09. The summed E-state index contributed by atoms with van der Waals surface area (Å²) in [6.45, 7) is 1.91. The quantitative estimate of drug-likeness (QED) is 0.681. The van der Waals surface area contributed by atoms with Crippen molar-refractivity contribution in [3.63, 3.8) is 0 Å². The lowest BCUT2D eigenvalue weighted by atomic mass is 10.1. The Balaban J connectivity index is 2.65. The number of carbonyl (C=O) groups excluding carboxylic acids is 1. The molecule has 0 radical (unpaired) electrons. The first-order chi connectivity index (χ1) is 8.49. The van der Waals surface area contributed by atoms with E-state index in [1.807, 2.05) is 31.2 Å². The molecule has 0 aromatic heterocycles. The fourth-order valence-electron chi connectivity index (χ4n) is 1.68. The minimum atomic E-state index is -0.811. The van der Waals surface area contributed by atoms with Gasteiger partial charge >= 0.3 is 5.97 Å². The van der Waals surface area contributed by atoms with Crippen molar-refractivity contribution in [1.82, 2.24) is 0 Å². The highest BCUT2D eigenvalue weighted by atomic mass is 16.4. The monoisotopic (exact) mass is 250 g/mol. The smallest absolute Gasteiger partial charge is 0.303 e. The Morgan fingerprint density at radius 1 is 1.39 bits per heavy atom. The Morgan fingerprint density at radius 3 is 2.67 bits per heavy atom. The molecule has 1 aromatic carbocycles. The summed E-state index contributed by atoms with van der Waals surface area (Å²) in [7, 11) is 0. The lowest BCUT2D eigenvalue weighted by molar-refractivity contribution is -0.137. The number of nitrogens with two attached hydrogens (primary N) is 1. The molecular formula is C13H18N2O3. The van der Waals surface area contributed by atoms with Gasteiger partial charge in [-0.05, 0) is 25.0 Å². The van der Waals surface area contributed by atoms with Gasteiger partial charge in [-0.3, -0.25) is 9.59 Å². The maximum Gasteiger partial charge on any atom is 0.303 e. The van der Waals surface area contributed by atoms with E-state index in [-0.39, 0.29) is 24.8 Å². The van der Waals surface area contributed by atoms with E-state index in [4.69, 9.17) is 10.8 Å². The van der Waals surface area contributed by atoms with Crippen LogP contribution in [0.2, 0.25) is 0 Å². The first-order valence-electron chi connectivity index (χ1n) is 5.83. The zero-order valence-electron chi connectivity index (χ0n) is 10.3. The molecule has 1 rings (SSSR count). The molecule has 98 valence electrons. The standard InChI is InChI=1S/C13H18N2O3/c1-9(6-7-13(17)18)15-11-5-3-2-4-10(11)8-12(14)16/h2-5,9,15H,6-8H2,1H3,(H2,14,16)(H,17,18). The largest absolute Gasteiger partial charge is 0.481 e. The number of para-hydroxylation sites is 1. The second kappa shape index (κ2) is 6.64. The molecule has 1 aromatic rings. The van der Waals surface area contributed by atoms with Gasteiger partial charge in [-0.15, -0.1) is 0 Å². The molecule has 0 aliphatic carbocycles. The van der Waals surface area contributed by atoms with Crippen LogP contribution in [-0.2, 0) is 16.0 Å². The summed E-state index contributed by atoms with van der Waals surface area (Å²) in [5.41, 5.74) is 6.83. The number of carboxylic acid groups (broad SMARTS) is 1. The van der Waals surface area contributed by atoms with Crippen molar-refractivity contribution < 1.29 is 14.7 Å². The third-order valence-corrected chi connectivity index (χ3v) is 2.58. The van der Waals surface area contributed by atoms with Gasteiger partial charge in [0.05, 0.1) is 6.42 Å². The van der Waals surface area contributed by atoms with Crippen molar-refractivity contribution in [1.29, 1.82) is 0 Å². The summed E-state index contributed by atoms with van der Waals surface area (Å²) in [6, 6.07) is 7.41. The molecule has 0 fully saturated rings. The third kappa shape index (κ3) is 4.86. The number of hydrogen-bond donors (Lipinski definition) is 3. The van der Waals surface area contributed by atoms with Gasteiger partial charge < -0.3 is 16.2 Å². The van der Waals surface area contributed by atoms with Crippen LogP contribution in [0.25, 0.3) is 0 Å². The van der Waals surface area contributed by atoms with Crippen LogP contribution >= 0.6 is 0 Å². The van der Waals surface area contributed by atoms with Crippen LogP contribution < -0.4 is 11.1 Å². The Labute approximate surface area is 106 Å². The topological polar surface area (TPSA) is 92.4 Å². The van der Waals surface area contributed by atoms with E-state index in [0.717, 1.165) is 11.3 Å². The predicted octanol–water partition coefficient (Wildman–Crippen LogP) is 1.38. The van der Waals surface area contributed by atoms with Crippen molar-refractivity contribution in [2.45, 2.75) is 32.2 Å². The normalized spacial score (nSPS) is 11.8. The van der Waals surface area contributed by atoms with E-state index in [2.05, 4.69) is 5.32 Å². The molecule has 0 aliphatic heterocycles. The number of carbonyl (C=O) groups is 2. The number of primary amides is 1. The fourth-order valence-corrected chi connectivity index (χ4v) is 1.68. The number of benzene rings is 1. The molecule has 18 heavy (non-hydrogen) atoms. The highest BCUT2D eigenvalue weighted by Crippen LogP contribution is 2.17. The number of rotatable bonds is 7. The van der Waals surface area contributed by atoms with E-state index in [9.17, 15) is 9.59 Å². The zero-order valence-corrected chi connectivity index (χ0v) is 10.3. The summed E-state index contributed by atoms with van der Waals surface area (Å²) < 4.78 is 0. The lowest BCUT2D eigenvalue weighted by Crippen LogP contribution is -2.19. The van der Waals surface area contributed by atoms with E-state index in [1.54, 1.807) is 0 Å². The van der Waals surface area contributed by atoms with Crippen molar-refractivity contribution in [2.24, 2.45) is 5.73 Å². The van der Waals surface area contributed by atoms with Gasteiger partial charge in [0.2, 0.25) is 5.91 Å². The molecule has 1 amide bonds. The molecule has 5 heteroatoms. The highest BCUT2D eigenvalue weighted by molar-refractivity contribution is 5.78. The average molecular weight is 250 g/mol. The summed E-state index contributed by atoms with van der Waals surface area (Å²) in [4.78, 5) is 21.4. The molecule has 0 bridgehead atoms. The molecule has 0 heterocycles. The van der Waals surface area contributed by atoms with Crippen molar-refractivity contribution in [3.05, 3.63) is 29.8 Å². The first-order valence-corrected chi connectivity index (χ1v) is 5.83. The second-order valence-corrected chi connectivity index (χ2v) is 4.28. The van der Waals surface area contributed by atoms with Crippen molar-refractivity contribution in [3.8, 4) is 0 Å². The molecule has 0 saturated heterocycles. The van der Waals surface area contributed by atoms with Crippen LogP contribution in [0.1, 0.15) is 25.3 Å². The van der Waals surface area contributed by atoms with Crippen molar-refractivity contribution >= 4 is 17.6 Å². The van der Waals surface area contributed by atoms with Crippen LogP contribution in [0.3, 0.4) is 0 Å². The SMILES string of the molecule is CC(CCC(=O)O)Nc1ccccc1CC(N)=O. The summed E-state index contributed by atoms with van der Waals surface area (Å²) in [5.74, 6) is -1.20. The van der Waals surface area contributed by atoms with Gasteiger partial charge in [0.15, 0.2) is 0 Å². The minimum absolute atomic E-state index is 0.0233. The minimum Gasteiger partial charge on any atom is -0.481 e. The number of hydrogen-bond acceptors (Lipinski definition) is 3. The number of carboxylic acids is 1. The average Bonchev–Trinajstić information content (AvgIpc) is 2.28. The zero-order chi connectivity index (χ0) is 13.5. The molecule has 0 spiro atoms. The second-order valence-electron chi connectivity index (χ2n) is 4.28. The van der Waals surface area contributed by atoms with Gasteiger partial charge in [0.1, 0.15) is 0 Å². The van der Waals surface area contributed by atoms with E-state index in [1.165, 1.54) is 0 Å². The lowest BCUT2D eigenvalue weighted by Gasteiger charge is -2.17. The summed E-state index contributed by atoms with van der Waals surface area (Å²) in [5, 5.41) is 11.8. The van der Waals surface area contributed by atoms with E-state index in [0.29, 0.717) is 6.42 Å². The van der Waals surface area contributed by atoms with Crippen LogP contribution in [0.5, 0.6) is 0 Å². The maximum atomic E-state index is 10.9. The first kappa shape index (κ1) is 14.0. The van der Waals surface area contributed by atoms with Gasteiger partial charge in [0, 0.05) is 18.2 Å². The van der Waals surface area contributed by atoms with Crippen LogP contribution in [-0.4, -0.2) is 23.0 Å². The number of aliphatic carboxylic acids is 1.